The Bertz CT molecular complexity index is 2730. The average Bonchev–Trinajstić information content (AvgIpc) is 3.64. The Balaban J connectivity index is 1.24. The van der Waals surface area contributed by atoms with Crippen LogP contribution in [0.25, 0.3) is 50.4 Å². The van der Waals surface area contributed by atoms with Crippen LogP contribution in [-0.2, 0) is 0 Å². The molecule has 0 saturated heterocycles. The predicted molar refractivity (Wildman–Crippen MR) is 232 cm³/mol. The van der Waals surface area contributed by atoms with E-state index in [1.54, 1.807) is 0 Å². The van der Waals surface area contributed by atoms with Crippen LogP contribution in [0.1, 0.15) is 18.4 Å². The molecule has 2 atom stereocenters. The first-order chi connectivity index (χ1) is 27.3. The van der Waals surface area contributed by atoms with Crippen LogP contribution in [0.15, 0.2) is 224 Å². The van der Waals surface area contributed by atoms with E-state index in [4.69, 9.17) is 4.98 Å². The highest BCUT2D eigenvalue weighted by Crippen LogP contribution is 2.35. The summed E-state index contributed by atoms with van der Waals surface area (Å²) in [6.45, 7) is 0. The third-order valence-electron chi connectivity index (χ3n) is 10.7. The first-order valence-corrected chi connectivity index (χ1v) is 19.3. The fourth-order valence-electron chi connectivity index (χ4n) is 7.99. The SMILES string of the molecule is C1=CC2\C=C\C=C/C=C\C=C(C3=c4/ccc(-c5ccc(-c6nc7ccccc7n6-c6ccccc6)cc5)c/c4=C(c4ccccc4)/C=C/CC\C=C\3)\C2C=C1. The molecule has 0 saturated carbocycles. The fraction of sp³-hybridized carbons (Fsp3) is 0.0755. The van der Waals surface area contributed by atoms with Gasteiger partial charge >= 0.3 is 0 Å². The maximum Gasteiger partial charge on any atom is 0.145 e. The van der Waals surface area contributed by atoms with E-state index in [1.807, 2.05) is 0 Å². The lowest BCUT2D eigenvalue weighted by atomic mass is 9.78. The van der Waals surface area contributed by atoms with Crippen molar-refractivity contribution in [2.45, 2.75) is 12.8 Å². The van der Waals surface area contributed by atoms with Gasteiger partial charge in [0.15, 0.2) is 0 Å². The van der Waals surface area contributed by atoms with Gasteiger partial charge in [-0.25, -0.2) is 4.98 Å². The molecule has 9 rings (SSSR count). The Morgan fingerprint density at radius 1 is 0.491 bits per heavy atom. The summed E-state index contributed by atoms with van der Waals surface area (Å²) in [5.74, 6) is 1.40. The second-order valence-corrected chi connectivity index (χ2v) is 14.2. The molecule has 55 heavy (non-hydrogen) atoms. The molecule has 0 N–H and O–H groups in total. The maximum atomic E-state index is 5.12. The lowest BCUT2D eigenvalue weighted by Gasteiger charge is -2.26. The quantitative estimate of drug-likeness (QED) is 0.174. The van der Waals surface area contributed by atoms with Gasteiger partial charge in [-0.2, -0.15) is 0 Å². The second-order valence-electron chi connectivity index (χ2n) is 14.2. The van der Waals surface area contributed by atoms with Crippen LogP contribution in [0.5, 0.6) is 0 Å². The number of hydrogen-bond donors (Lipinski definition) is 0. The Morgan fingerprint density at radius 2 is 1.13 bits per heavy atom. The molecule has 0 bridgehead atoms. The van der Waals surface area contributed by atoms with Crippen molar-refractivity contribution in [3.8, 4) is 28.2 Å². The van der Waals surface area contributed by atoms with Crippen molar-refractivity contribution in [1.29, 1.82) is 0 Å². The molecule has 264 valence electrons. The number of fused-ring (bicyclic) bond motifs is 3. The zero-order valence-electron chi connectivity index (χ0n) is 30.7. The molecule has 2 unspecified atom stereocenters. The molecular weight excluding hydrogens is 665 g/mol. The summed E-state index contributed by atoms with van der Waals surface area (Å²) in [6, 6.07) is 45.7. The van der Waals surface area contributed by atoms with E-state index in [0.717, 1.165) is 46.5 Å². The summed E-state index contributed by atoms with van der Waals surface area (Å²) in [5, 5.41) is 2.46. The minimum absolute atomic E-state index is 0.205. The van der Waals surface area contributed by atoms with Crippen LogP contribution < -0.4 is 10.4 Å². The summed E-state index contributed by atoms with van der Waals surface area (Å²) in [4.78, 5) is 5.12. The van der Waals surface area contributed by atoms with Gasteiger partial charge in [0.2, 0.25) is 0 Å². The van der Waals surface area contributed by atoms with Crippen molar-refractivity contribution in [3.63, 3.8) is 0 Å². The maximum absolute atomic E-state index is 5.12. The fourth-order valence-corrected chi connectivity index (χ4v) is 7.99. The number of para-hydroxylation sites is 3. The number of aromatic nitrogens is 2. The summed E-state index contributed by atoms with van der Waals surface area (Å²) >= 11 is 0. The van der Waals surface area contributed by atoms with E-state index in [1.165, 1.54) is 38.3 Å². The van der Waals surface area contributed by atoms with Crippen molar-refractivity contribution in [2.24, 2.45) is 11.8 Å². The van der Waals surface area contributed by atoms with Crippen LogP contribution in [0, 0.1) is 11.8 Å². The highest BCUT2D eigenvalue weighted by molar-refractivity contribution is 5.84. The Morgan fingerprint density at radius 3 is 1.95 bits per heavy atom. The van der Waals surface area contributed by atoms with E-state index >= 15 is 0 Å². The van der Waals surface area contributed by atoms with Gasteiger partial charge in [-0.15, -0.1) is 0 Å². The van der Waals surface area contributed by atoms with Gasteiger partial charge in [0, 0.05) is 23.1 Å². The highest BCUT2D eigenvalue weighted by Gasteiger charge is 2.23. The predicted octanol–water partition coefficient (Wildman–Crippen LogP) is 11.6. The van der Waals surface area contributed by atoms with Crippen molar-refractivity contribution in [2.75, 3.05) is 0 Å². The van der Waals surface area contributed by atoms with Crippen molar-refractivity contribution >= 4 is 22.2 Å². The molecule has 1 heterocycles. The van der Waals surface area contributed by atoms with E-state index in [0.29, 0.717) is 0 Å². The van der Waals surface area contributed by atoms with E-state index < -0.39 is 0 Å². The summed E-state index contributed by atoms with van der Waals surface area (Å²) < 4.78 is 2.26. The molecule has 6 aromatic rings. The topological polar surface area (TPSA) is 17.8 Å². The van der Waals surface area contributed by atoms with E-state index in [-0.39, 0.29) is 11.8 Å². The molecule has 2 nitrogen and oxygen atoms in total. The van der Waals surface area contributed by atoms with Gasteiger partial charge in [-0.05, 0) is 87.0 Å². The highest BCUT2D eigenvalue weighted by atomic mass is 15.1. The van der Waals surface area contributed by atoms with E-state index in [2.05, 4.69) is 223 Å². The first kappa shape index (κ1) is 34.0. The lowest BCUT2D eigenvalue weighted by Crippen LogP contribution is -2.31. The van der Waals surface area contributed by atoms with Gasteiger partial charge in [-0.1, -0.05) is 188 Å². The molecule has 5 aromatic carbocycles. The van der Waals surface area contributed by atoms with E-state index in [9.17, 15) is 0 Å². The number of allylic oxidation sites excluding steroid dienone is 16. The number of nitrogens with zero attached hydrogens (tertiary/aromatic N) is 2. The van der Waals surface area contributed by atoms with Crippen molar-refractivity contribution < 1.29 is 0 Å². The third kappa shape index (κ3) is 7.03. The minimum Gasteiger partial charge on any atom is -0.292 e. The van der Waals surface area contributed by atoms with Crippen LogP contribution in [0.2, 0.25) is 0 Å². The number of benzene rings is 5. The number of imidazole rings is 1. The Hall–Kier alpha value is -6.77. The monoisotopic (exact) mass is 706 g/mol. The normalized spacial score (nSPS) is 23.7. The summed E-state index contributed by atoms with van der Waals surface area (Å²) in [7, 11) is 0. The molecule has 1 aromatic heterocycles. The molecule has 0 radical (unpaired) electrons. The van der Waals surface area contributed by atoms with Crippen LogP contribution in [-0.4, -0.2) is 9.55 Å². The Kier molecular flexibility index (Phi) is 9.70. The van der Waals surface area contributed by atoms with Gasteiger partial charge in [0.05, 0.1) is 11.0 Å². The van der Waals surface area contributed by atoms with Crippen LogP contribution in [0.4, 0.5) is 0 Å². The van der Waals surface area contributed by atoms with Gasteiger partial charge in [0.1, 0.15) is 5.82 Å². The molecule has 0 amide bonds. The lowest BCUT2D eigenvalue weighted by molar-refractivity contribution is 0.647. The van der Waals surface area contributed by atoms with Crippen molar-refractivity contribution in [3.05, 3.63) is 240 Å². The molecule has 0 spiro atoms. The standard InChI is InChI=1S/C53H42N2/c1-2-8-20-40-23-16-17-27-45(40)47(28-14-3-1)48-29-15-5-4-13-26-46(41-21-9-6-10-22-41)50-38-43(36-37-49(48)50)39-32-34-42(35-33-39)53-54-51-30-18-19-31-52(51)55(53)44-24-11-7-12-25-44/h1-3,6-38,40,45H,4-5H2/b2-1-,14-3-,20-8+,26-13+,29-15+,47-28-,49-48-,50-46+. The van der Waals surface area contributed by atoms with Crippen LogP contribution >= 0.6 is 0 Å². The average molecular weight is 707 g/mol. The van der Waals surface area contributed by atoms with Crippen LogP contribution in [0.3, 0.4) is 0 Å². The van der Waals surface area contributed by atoms with Gasteiger partial charge in [0.25, 0.3) is 0 Å². The number of rotatable bonds is 5. The van der Waals surface area contributed by atoms with Gasteiger partial charge in [-0.3, -0.25) is 4.57 Å². The minimum atomic E-state index is 0.205. The number of hydrogen-bond acceptors (Lipinski definition) is 1. The largest absolute Gasteiger partial charge is 0.292 e. The molecule has 0 aliphatic heterocycles. The zero-order valence-corrected chi connectivity index (χ0v) is 30.7. The molecule has 3 aliphatic carbocycles. The molecule has 0 fully saturated rings. The summed E-state index contributed by atoms with van der Waals surface area (Å²) in [6.07, 6.45) is 35.8. The van der Waals surface area contributed by atoms with Gasteiger partial charge < -0.3 is 0 Å². The second kappa shape index (κ2) is 15.7. The molecule has 2 heteroatoms. The zero-order chi connectivity index (χ0) is 36.8. The first-order valence-electron chi connectivity index (χ1n) is 19.3. The smallest absolute Gasteiger partial charge is 0.145 e. The molecule has 3 aliphatic rings. The van der Waals surface area contributed by atoms with Crippen molar-refractivity contribution in [1.82, 2.24) is 9.55 Å². The molecular formula is C53H42N2. The third-order valence-corrected chi connectivity index (χ3v) is 10.7. The Labute approximate surface area is 323 Å². The summed E-state index contributed by atoms with van der Waals surface area (Å²) in [5.41, 5.74) is 11.6.